The van der Waals surface area contributed by atoms with Crippen LogP contribution in [-0.4, -0.2) is 39.4 Å². The molecule has 1 aliphatic heterocycles. The Morgan fingerprint density at radius 1 is 1.50 bits per heavy atom. The monoisotopic (exact) mass is 304 g/mol. The standard InChI is InChI=1S/C15H17FN4O2/c1-3-20-8-9(6-13(20)21)14(22)18-15-17-11-7-10(16)4-5-12(11)19(15)2/h4-5,7,9H,3,6,8H2,1-2H3,(H,17,18,22)/t9-/m0/s1. The molecule has 0 radical (unpaired) electrons. The lowest BCUT2D eigenvalue weighted by Crippen LogP contribution is -2.28. The topological polar surface area (TPSA) is 67.2 Å². The van der Waals surface area contributed by atoms with Crippen LogP contribution in [0.25, 0.3) is 11.0 Å². The lowest BCUT2D eigenvalue weighted by atomic mass is 10.1. The maximum atomic E-state index is 13.2. The molecule has 2 amide bonds. The number of imidazole rings is 1. The minimum Gasteiger partial charge on any atom is -0.342 e. The van der Waals surface area contributed by atoms with Gasteiger partial charge in [0.25, 0.3) is 0 Å². The number of anilines is 1. The summed E-state index contributed by atoms with van der Waals surface area (Å²) in [5, 5.41) is 2.74. The van der Waals surface area contributed by atoms with Crippen LogP contribution in [-0.2, 0) is 16.6 Å². The minimum atomic E-state index is -0.372. The number of amides is 2. The molecule has 2 aromatic rings. The van der Waals surface area contributed by atoms with E-state index in [0.717, 1.165) is 5.52 Å². The Balaban J connectivity index is 1.80. The number of hydrogen-bond acceptors (Lipinski definition) is 3. The number of benzene rings is 1. The van der Waals surface area contributed by atoms with Crippen molar-refractivity contribution in [2.75, 3.05) is 18.4 Å². The molecule has 7 heteroatoms. The molecule has 1 aliphatic rings. The first-order chi connectivity index (χ1) is 10.5. The van der Waals surface area contributed by atoms with Crippen LogP contribution in [0.2, 0.25) is 0 Å². The average molecular weight is 304 g/mol. The molecule has 0 aliphatic carbocycles. The molecule has 22 heavy (non-hydrogen) atoms. The van der Waals surface area contributed by atoms with Gasteiger partial charge in [0.15, 0.2) is 0 Å². The Morgan fingerprint density at radius 3 is 2.95 bits per heavy atom. The summed E-state index contributed by atoms with van der Waals surface area (Å²) in [6.45, 7) is 2.92. The number of halogens is 1. The Kier molecular flexibility index (Phi) is 3.56. The third kappa shape index (κ3) is 2.43. The number of likely N-dealkylation sites (tertiary alicyclic amines) is 1. The largest absolute Gasteiger partial charge is 0.342 e. The van der Waals surface area contributed by atoms with E-state index in [-0.39, 0.29) is 30.0 Å². The van der Waals surface area contributed by atoms with Crippen LogP contribution < -0.4 is 5.32 Å². The minimum absolute atomic E-state index is 0.00489. The first kappa shape index (κ1) is 14.5. The summed E-state index contributed by atoms with van der Waals surface area (Å²) in [4.78, 5) is 29.9. The molecule has 1 aromatic carbocycles. The summed E-state index contributed by atoms with van der Waals surface area (Å²) in [7, 11) is 1.75. The van der Waals surface area contributed by atoms with E-state index in [4.69, 9.17) is 0 Å². The molecule has 0 bridgehead atoms. The molecule has 6 nitrogen and oxygen atoms in total. The number of aryl methyl sites for hydroxylation is 1. The fourth-order valence-corrected chi connectivity index (χ4v) is 2.75. The normalized spacial score (nSPS) is 18.2. The van der Waals surface area contributed by atoms with E-state index in [1.807, 2.05) is 6.92 Å². The van der Waals surface area contributed by atoms with Gasteiger partial charge in [-0.3, -0.25) is 14.9 Å². The fraction of sp³-hybridized carbons (Fsp3) is 0.400. The Morgan fingerprint density at radius 2 is 2.27 bits per heavy atom. The number of aromatic nitrogens is 2. The number of fused-ring (bicyclic) bond motifs is 1. The van der Waals surface area contributed by atoms with E-state index in [9.17, 15) is 14.0 Å². The highest BCUT2D eigenvalue weighted by atomic mass is 19.1. The van der Waals surface area contributed by atoms with Gasteiger partial charge in [-0.25, -0.2) is 9.37 Å². The van der Waals surface area contributed by atoms with Crippen LogP contribution in [0.15, 0.2) is 18.2 Å². The maximum Gasteiger partial charge on any atom is 0.232 e. The zero-order valence-electron chi connectivity index (χ0n) is 12.5. The third-order valence-electron chi connectivity index (χ3n) is 4.04. The van der Waals surface area contributed by atoms with Crippen LogP contribution in [0.1, 0.15) is 13.3 Å². The number of nitrogens with one attached hydrogen (secondary N) is 1. The van der Waals surface area contributed by atoms with E-state index in [1.165, 1.54) is 12.1 Å². The molecule has 1 atom stereocenters. The molecule has 1 N–H and O–H groups in total. The summed E-state index contributed by atoms with van der Waals surface area (Å²) in [6, 6.07) is 4.29. The second-order valence-electron chi connectivity index (χ2n) is 5.45. The third-order valence-corrected chi connectivity index (χ3v) is 4.04. The molecule has 0 saturated carbocycles. The summed E-state index contributed by atoms with van der Waals surface area (Å²) in [5.74, 6) is -0.627. The lowest BCUT2D eigenvalue weighted by molar-refractivity contribution is -0.128. The van der Waals surface area contributed by atoms with Crippen LogP contribution in [0.3, 0.4) is 0 Å². The van der Waals surface area contributed by atoms with Gasteiger partial charge < -0.3 is 9.47 Å². The number of hydrogen-bond donors (Lipinski definition) is 1. The number of rotatable bonds is 3. The molecule has 1 fully saturated rings. The van der Waals surface area contributed by atoms with E-state index >= 15 is 0 Å². The first-order valence-corrected chi connectivity index (χ1v) is 7.20. The summed E-state index contributed by atoms with van der Waals surface area (Å²) in [5.41, 5.74) is 1.21. The van der Waals surface area contributed by atoms with Crippen molar-refractivity contribution in [3.05, 3.63) is 24.0 Å². The predicted molar refractivity (Wildman–Crippen MR) is 79.7 cm³/mol. The first-order valence-electron chi connectivity index (χ1n) is 7.20. The van der Waals surface area contributed by atoms with Crippen molar-refractivity contribution in [1.29, 1.82) is 0 Å². The summed E-state index contributed by atoms with van der Waals surface area (Å²) in [6.07, 6.45) is 0.220. The number of nitrogens with zero attached hydrogens (tertiary/aromatic N) is 3. The second-order valence-corrected chi connectivity index (χ2v) is 5.45. The molecular weight excluding hydrogens is 287 g/mol. The van der Waals surface area contributed by atoms with E-state index in [1.54, 1.807) is 22.6 Å². The van der Waals surface area contributed by atoms with Crippen LogP contribution in [0.4, 0.5) is 10.3 Å². The number of carbonyl (C=O) groups is 2. The average Bonchev–Trinajstić information content (AvgIpc) is 3.00. The van der Waals surface area contributed by atoms with Crippen LogP contribution >= 0.6 is 0 Å². The summed E-state index contributed by atoms with van der Waals surface area (Å²) >= 11 is 0. The molecule has 0 unspecified atom stereocenters. The van der Waals surface area contributed by atoms with Crippen molar-refractivity contribution in [3.63, 3.8) is 0 Å². The SMILES string of the molecule is CCN1C[C@@H](C(=O)Nc2nc3cc(F)ccc3n2C)CC1=O. The van der Waals surface area contributed by atoms with Gasteiger partial charge in [-0.05, 0) is 19.1 Å². The molecule has 3 rings (SSSR count). The van der Waals surface area contributed by atoms with Crippen molar-refractivity contribution >= 4 is 28.8 Å². The highest BCUT2D eigenvalue weighted by molar-refractivity contribution is 5.97. The zero-order chi connectivity index (χ0) is 15.9. The molecule has 116 valence electrons. The molecule has 1 aromatic heterocycles. The van der Waals surface area contributed by atoms with Crippen molar-refractivity contribution in [2.24, 2.45) is 13.0 Å². The van der Waals surface area contributed by atoms with Gasteiger partial charge in [-0.2, -0.15) is 0 Å². The molecule has 1 saturated heterocycles. The Labute approximate surface area is 126 Å². The van der Waals surface area contributed by atoms with Gasteiger partial charge in [0.1, 0.15) is 5.82 Å². The van der Waals surface area contributed by atoms with Gasteiger partial charge in [0.2, 0.25) is 17.8 Å². The number of carbonyl (C=O) groups excluding carboxylic acids is 2. The quantitative estimate of drug-likeness (QED) is 0.935. The van der Waals surface area contributed by atoms with Crippen molar-refractivity contribution < 1.29 is 14.0 Å². The van der Waals surface area contributed by atoms with E-state index < -0.39 is 0 Å². The highest BCUT2D eigenvalue weighted by Gasteiger charge is 2.33. The summed E-state index contributed by atoms with van der Waals surface area (Å²) < 4.78 is 14.9. The Bertz CT molecular complexity index is 755. The Hall–Kier alpha value is -2.44. The van der Waals surface area contributed by atoms with E-state index in [2.05, 4.69) is 10.3 Å². The van der Waals surface area contributed by atoms with Crippen molar-refractivity contribution in [3.8, 4) is 0 Å². The highest BCUT2D eigenvalue weighted by Crippen LogP contribution is 2.22. The smallest absolute Gasteiger partial charge is 0.232 e. The van der Waals surface area contributed by atoms with E-state index in [0.29, 0.717) is 24.6 Å². The molecule has 0 spiro atoms. The zero-order valence-corrected chi connectivity index (χ0v) is 12.5. The predicted octanol–water partition coefficient (Wildman–Crippen LogP) is 1.52. The van der Waals surface area contributed by atoms with Gasteiger partial charge in [-0.15, -0.1) is 0 Å². The van der Waals surface area contributed by atoms with Gasteiger partial charge in [0.05, 0.1) is 17.0 Å². The fourth-order valence-electron chi connectivity index (χ4n) is 2.75. The molecular formula is C15H17FN4O2. The van der Waals surface area contributed by atoms with Crippen LogP contribution in [0, 0.1) is 11.7 Å². The van der Waals surface area contributed by atoms with Crippen molar-refractivity contribution in [1.82, 2.24) is 14.5 Å². The van der Waals surface area contributed by atoms with Gasteiger partial charge in [0, 0.05) is 32.6 Å². The lowest BCUT2D eigenvalue weighted by Gasteiger charge is -2.13. The van der Waals surface area contributed by atoms with Gasteiger partial charge in [-0.1, -0.05) is 0 Å². The van der Waals surface area contributed by atoms with Gasteiger partial charge >= 0.3 is 0 Å². The second kappa shape index (κ2) is 5.40. The maximum absolute atomic E-state index is 13.2. The molecule has 2 heterocycles. The van der Waals surface area contributed by atoms with Crippen LogP contribution in [0.5, 0.6) is 0 Å². The van der Waals surface area contributed by atoms with Crippen molar-refractivity contribution in [2.45, 2.75) is 13.3 Å².